The minimum atomic E-state index is 0.163. The van der Waals surface area contributed by atoms with Crippen LogP contribution in [-0.2, 0) is 11.2 Å². The lowest BCUT2D eigenvalue weighted by Crippen LogP contribution is -2.39. The predicted molar refractivity (Wildman–Crippen MR) is 102 cm³/mol. The van der Waals surface area contributed by atoms with E-state index in [1.54, 1.807) is 0 Å². The molecule has 2 aliphatic rings. The first-order valence-electron chi connectivity index (χ1n) is 9.20. The van der Waals surface area contributed by atoms with Gasteiger partial charge in [0.05, 0.1) is 0 Å². The fourth-order valence-electron chi connectivity index (χ4n) is 4.48. The average molecular weight is 386 g/mol. The number of hydrogen-bond donors (Lipinski definition) is 0. The van der Waals surface area contributed by atoms with Crippen LogP contribution in [0, 0.1) is 5.92 Å². The SMILES string of the molecule is O=C1[C@H](Cc2ccc(Br)c3ccccc23)CCN1C1CCCCC1. The summed E-state index contributed by atoms with van der Waals surface area (Å²) in [5, 5.41) is 2.51. The molecule has 0 bridgehead atoms. The molecule has 4 rings (SSSR count). The van der Waals surface area contributed by atoms with Crippen molar-refractivity contribution in [3.05, 3.63) is 46.4 Å². The molecule has 2 nitrogen and oxygen atoms in total. The molecule has 1 amide bonds. The molecule has 3 heteroatoms. The number of halogens is 1. The molecule has 2 fully saturated rings. The van der Waals surface area contributed by atoms with Crippen molar-refractivity contribution in [3.63, 3.8) is 0 Å². The highest BCUT2D eigenvalue weighted by atomic mass is 79.9. The lowest BCUT2D eigenvalue weighted by atomic mass is 9.93. The highest BCUT2D eigenvalue weighted by Gasteiger charge is 2.36. The van der Waals surface area contributed by atoms with E-state index in [1.165, 1.54) is 48.4 Å². The molecule has 126 valence electrons. The third-order valence-electron chi connectivity index (χ3n) is 5.79. The lowest BCUT2D eigenvalue weighted by Gasteiger charge is -2.31. The second-order valence-corrected chi connectivity index (χ2v) is 8.12. The van der Waals surface area contributed by atoms with Crippen LogP contribution in [0.4, 0.5) is 0 Å². The first-order valence-corrected chi connectivity index (χ1v) is 10.00. The third-order valence-corrected chi connectivity index (χ3v) is 6.49. The zero-order chi connectivity index (χ0) is 16.5. The number of amides is 1. The molecule has 1 saturated heterocycles. The molecule has 0 N–H and O–H groups in total. The van der Waals surface area contributed by atoms with E-state index in [0.717, 1.165) is 23.9 Å². The van der Waals surface area contributed by atoms with Crippen molar-refractivity contribution in [2.24, 2.45) is 5.92 Å². The van der Waals surface area contributed by atoms with Crippen LogP contribution in [-0.4, -0.2) is 23.4 Å². The molecule has 0 aromatic heterocycles. The molecule has 1 aliphatic heterocycles. The van der Waals surface area contributed by atoms with Gasteiger partial charge in [-0.1, -0.05) is 65.5 Å². The number of nitrogens with zero attached hydrogens (tertiary/aromatic N) is 1. The maximum atomic E-state index is 12.9. The molecule has 0 unspecified atom stereocenters. The Morgan fingerprint density at radius 1 is 0.958 bits per heavy atom. The monoisotopic (exact) mass is 385 g/mol. The van der Waals surface area contributed by atoms with Gasteiger partial charge in [0.15, 0.2) is 0 Å². The Bertz CT molecular complexity index is 751. The van der Waals surface area contributed by atoms with Crippen molar-refractivity contribution in [3.8, 4) is 0 Å². The van der Waals surface area contributed by atoms with Crippen LogP contribution in [0.2, 0.25) is 0 Å². The zero-order valence-electron chi connectivity index (χ0n) is 14.0. The van der Waals surface area contributed by atoms with E-state index in [4.69, 9.17) is 0 Å². The topological polar surface area (TPSA) is 20.3 Å². The van der Waals surface area contributed by atoms with Crippen molar-refractivity contribution < 1.29 is 4.79 Å². The summed E-state index contributed by atoms with van der Waals surface area (Å²) in [7, 11) is 0. The summed E-state index contributed by atoms with van der Waals surface area (Å²) in [6.45, 7) is 0.961. The van der Waals surface area contributed by atoms with E-state index in [-0.39, 0.29) is 5.92 Å². The van der Waals surface area contributed by atoms with Crippen LogP contribution in [0.3, 0.4) is 0 Å². The zero-order valence-corrected chi connectivity index (χ0v) is 15.6. The van der Waals surface area contributed by atoms with Gasteiger partial charge < -0.3 is 4.90 Å². The van der Waals surface area contributed by atoms with Crippen molar-refractivity contribution in [1.82, 2.24) is 4.90 Å². The molecule has 2 aromatic carbocycles. The van der Waals surface area contributed by atoms with Gasteiger partial charge in [-0.25, -0.2) is 0 Å². The van der Waals surface area contributed by atoms with Crippen molar-refractivity contribution in [1.29, 1.82) is 0 Å². The number of rotatable bonds is 3. The fraction of sp³-hybridized carbons (Fsp3) is 0.476. The Kier molecular flexibility index (Phi) is 4.62. The van der Waals surface area contributed by atoms with Crippen LogP contribution in [0.15, 0.2) is 40.9 Å². The summed E-state index contributed by atoms with van der Waals surface area (Å²) < 4.78 is 1.13. The van der Waals surface area contributed by atoms with Gasteiger partial charge >= 0.3 is 0 Å². The molecule has 1 heterocycles. The summed E-state index contributed by atoms with van der Waals surface area (Å²) >= 11 is 3.64. The largest absolute Gasteiger partial charge is 0.339 e. The maximum Gasteiger partial charge on any atom is 0.226 e. The average Bonchev–Trinajstić information content (AvgIpc) is 2.99. The molecular formula is C21H24BrNO. The molecular weight excluding hydrogens is 362 g/mol. The Morgan fingerprint density at radius 3 is 2.50 bits per heavy atom. The summed E-state index contributed by atoms with van der Waals surface area (Å²) in [6.07, 6.45) is 8.22. The summed E-state index contributed by atoms with van der Waals surface area (Å²) in [5.41, 5.74) is 1.30. The summed E-state index contributed by atoms with van der Waals surface area (Å²) in [6, 6.07) is 13.3. The molecule has 0 spiro atoms. The third kappa shape index (κ3) is 2.99. The highest BCUT2D eigenvalue weighted by molar-refractivity contribution is 9.10. The summed E-state index contributed by atoms with van der Waals surface area (Å²) in [5.74, 6) is 0.561. The van der Waals surface area contributed by atoms with Crippen molar-refractivity contribution in [2.45, 2.75) is 51.0 Å². The molecule has 24 heavy (non-hydrogen) atoms. The minimum absolute atomic E-state index is 0.163. The molecule has 2 aromatic rings. The van der Waals surface area contributed by atoms with E-state index in [0.29, 0.717) is 11.9 Å². The van der Waals surface area contributed by atoms with Crippen LogP contribution in [0.5, 0.6) is 0 Å². The van der Waals surface area contributed by atoms with E-state index in [1.807, 2.05) is 0 Å². The van der Waals surface area contributed by atoms with Crippen molar-refractivity contribution in [2.75, 3.05) is 6.54 Å². The van der Waals surface area contributed by atoms with Gasteiger partial charge in [-0.05, 0) is 48.1 Å². The van der Waals surface area contributed by atoms with Gasteiger partial charge in [-0.3, -0.25) is 4.79 Å². The molecule has 1 atom stereocenters. The van der Waals surface area contributed by atoms with Crippen molar-refractivity contribution >= 4 is 32.6 Å². The molecule has 1 aliphatic carbocycles. The Balaban J connectivity index is 1.54. The number of fused-ring (bicyclic) bond motifs is 1. The van der Waals surface area contributed by atoms with Gasteiger partial charge in [-0.2, -0.15) is 0 Å². The number of hydrogen-bond acceptors (Lipinski definition) is 1. The Hall–Kier alpha value is -1.35. The minimum Gasteiger partial charge on any atom is -0.339 e. The number of carbonyl (C=O) groups is 1. The molecule has 0 radical (unpaired) electrons. The van der Waals surface area contributed by atoms with Crippen LogP contribution in [0.25, 0.3) is 10.8 Å². The standard InChI is InChI=1S/C21H24BrNO/c22-20-11-10-15(18-8-4-5-9-19(18)20)14-16-12-13-23(21(16)24)17-6-2-1-3-7-17/h4-5,8-11,16-17H,1-3,6-7,12-14H2/t16-/m0/s1. The van der Waals surface area contributed by atoms with E-state index in [2.05, 4.69) is 57.2 Å². The lowest BCUT2D eigenvalue weighted by molar-refractivity contribution is -0.133. The van der Waals surface area contributed by atoms with E-state index < -0.39 is 0 Å². The van der Waals surface area contributed by atoms with Gasteiger partial charge in [0.1, 0.15) is 0 Å². The fourth-order valence-corrected chi connectivity index (χ4v) is 4.95. The number of benzene rings is 2. The molecule has 1 saturated carbocycles. The normalized spacial score (nSPS) is 22.5. The van der Waals surface area contributed by atoms with Gasteiger partial charge in [-0.15, -0.1) is 0 Å². The second-order valence-electron chi connectivity index (χ2n) is 7.27. The van der Waals surface area contributed by atoms with Crippen LogP contribution < -0.4 is 0 Å². The summed E-state index contributed by atoms with van der Waals surface area (Å²) in [4.78, 5) is 15.1. The smallest absolute Gasteiger partial charge is 0.226 e. The maximum absolute atomic E-state index is 12.9. The van der Waals surface area contributed by atoms with Gasteiger partial charge in [0, 0.05) is 23.0 Å². The Morgan fingerprint density at radius 2 is 1.71 bits per heavy atom. The quantitative estimate of drug-likeness (QED) is 0.699. The highest BCUT2D eigenvalue weighted by Crippen LogP contribution is 2.33. The van der Waals surface area contributed by atoms with Crippen LogP contribution in [0.1, 0.15) is 44.1 Å². The predicted octanol–water partition coefficient (Wildman–Crippen LogP) is 5.33. The Labute approximate surface area is 152 Å². The van der Waals surface area contributed by atoms with E-state index >= 15 is 0 Å². The number of likely N-dealkylation sites (tertiary alicyclic amines) is 1. The second kappa shape index (κ2) is 6.87. The van der Waals surface area contributed by atoms with E-state index in [9.17, 15) is 4.79 Å². The van der Waals surface area contributed by atoms with Gasteiger partial charge in [0.2, 0.25) is 5.91 Å². The van der Waals surface area contributed by atoms with Crippen LogP contribution >= 0.6 is 15.9 Å². The first-order chi connectivity index (χ1) is 11.7. The first kappa shape index (κ1) is 16.1. The number of carbonyl (C=O) groups excluding carboxylic acids is 1. The van der Waals surface area contributed by atoms with Gasteiger partial charge in [0.25, 0.3) is 0 Å².